The number of anilines is 1. The minimum absolute atomic E-state index is 0.204. The van der Waals surface area contributed by atoms with Gasteiger partial charge in [0.15, 0.2) is 0 Å². The molecule has 140 valence electrons. The van der Waals surface area contributed by atoms with E-state index in [1.807, 2.05) is 44.2 Å². The maximum Gasteiger partial charge on any atom is 0.137 e. The van der Waals surface area contributed by atoms with E-state index < -0.39 is 6.10 Å². The number of piperazine rings is 1. The monoisotopic (exact) mass is 359 g/mol. The number of para-hydroxylation sites is 1. The predicted molar refractivity (Wildman–Crippen MR) is 102 cm³/mol. The van der Waals surface area contributed by atoms with Crippen LogP contribution in [0.25, 0.3) is 0 Å². The lowest BCUT2D eigenvalue weighted by molar-refractivity contribution is -0.903. The van der Waals surface area contributed by atoms with Gasteiger partial charge < -0.3 is 19.6 Å². The quantitative estimate of drug-likeness (QED) is 0.823. The van der Waals surface area contributed by atoms with E-state index >= 15 is 0 Å². The van der Waals surface area contributed by atoms with Crippen molar-refractivity contribution in [1.29, 1.82) is 0 Å². The van der Waals surface area contributed by atoms with Crippen molar-refractivity contribution in [3.05, 3.63) is 59.4 Å². The number of nitrogens with zero attached hydrogens (tertiary/aromatic N) is 1. The van der Waals surface area contributed by atoms with Gasteiger partial charge in [-0.05, 0) is 49.2 Å². The molecule has 1 aliphatic heterocycles. The second kappa shape index (κ2) is 8.52. The average molecular weight is 359 g/mol. The Hall–Kier alpha value is -2.11. The maximum atomic E-state index is 13.0. The standard InChI is InChI=1S/C21H27FN2O2/c1-16-4-3-5-17(2)21(16)26-15-20(25)14-23-10-12-24(13-11-23)19-8-6-18(22)7-9-19/h3-9,20,25H,10-15H2,1-2H3/p+1/t20-/m1/s1. The normalized spacial score (nSPS) is 16.5. The first-order valence-electron chi connectivity index (χ1n) is 9.24. The maximum absolute atomic E-state index is 13.0. The summed E-state index contributed by atoms with van der Waals surface area (Å²) >= 11 is 0. The largest absolute Gasteiger partial charge is 0.490 e. The van der Waals surface area contributed by atoms with Gasteiger partial charge in [0.2, 0.25) is 0 Å². The zero-order valence-electron chi connectivity index (χ0n) is 15.5. The molecule has 0 bridgehead atoms. The van der Waals surface area contributed by atoms with Crippen LogP contribution in [0, 0.1) is 19.7 Å². The Morgan fingerprint density at radius 3 is 2.31 bits per heavy atom. The lowest BCUT2D eigenvalue weighted by Gasteiger charge is -2.34. The first kappa shape index (κ1) is 18.7. The van der Waals surface area contributed by atoms with Gasteiger partial charge in [-0.3, -0.25) is 0 Å². The number of aliphatic hydroxyl groups excluding tert-OH is 1. The smallest absolute Gasteiger partial charge is 0.137 e. The minimum Gasteiger partial charge on any atom is -0.490 e. The van der Waals surface area contributed by atoms with Gasteiger partial charge in [0.05, 0.1) is 26.2 Å². The highest BCUT2D eigenvalue weighted by atomic mass is 19.1. The molecular formula is C21H28FN2O2+. The number of halogens is 1. The van der Waals surface area contributed by atoms with E-state index in [1.165, 1.54) is 17.0 Å². The fourth-order valence-electron chi connectivity index (χ4n) is 3.54. The Morgan fingerprint density at radius 2 is 1.69 bits per heavy atom. The van der Waals surface area contributed by atoms with Crippen LogP contribution in [0.1, 0.15) is 11.1 Å². The lowest BCUT2D eigenvalue weighted by Crippen LogP contribution is -3.16. The number of benzene rings is 2. The van der Waals surface area contributed by atoms with Gasteiger partial charge in [-0.2, -0.15) is 0 Å². The van der Waals surface area contributed by atoms with Crippen molar-refractivity contribution in [2.75, 3.05) is 44.2 Å². The van der Waals surface area contributed by atoms with Crippen LogP contribution in [0.2, 0.25) is 0 Å². The van der Waals surface area contributed by atoms with Crippen LogP contribution >= 0.6 is 0 Å². The Morgan fingerprint density at radius 1 is 1.08 bits per heavy atom. The number of ether oxygens (including phenoxy) is 1. The molecule has 0 saturated carbocycles. The van der Waals surface area contributed by atoms with Crippen LogP contribution in [0.5, 0.6) is 5.75 Å². The second-order valence-electron chi connectivity index (χ2n) is 7.10. The van der Waals surface area contributed by atoms with E-state index in [4.69, 9.17) is 4.74 Å². The van der Waals surface area contributed by atoms with E-state index in [0.29, 0.717) is 13.2 Å². The van der Waals surface area contributed by atoms with E-state index in [0.717, 1.165) is 48.7 Å². The third kappa shape index (κ3) is 4.74. The van der Waals surface area contributed by atoms with Crippen molar-refractivity contribution in [1.82, 2.24) is 0 Å². The van der Waals surface area contributed by atoms with Crippen molar-refractivity contribution in [3.8, 4) is 5.75 Å². The highest BCUT2D eigenvalue weighted by Crippen LogP contribution is 2.22. The fraction of sp³-hybridized carbons (Fsp3) is 0.429. The summed E-state index contributed by atoms with van der Waals surface area (Å²) in [6.45, 7) is 8.77. The molecule has 5 heteroatoms. The number of aliphatic hydroxyl groups is 1. The molecule has 1 heterocycles. The van der Waals surface area contributed by atoms with Crippen molar-refractivity contribution in [2.24, 2.45) is 0 Å². The zero-order chi connectivity index (χ0) is 18.5. The van der Waals surface area contributed by atoms with Gasteiger partial charge in [-0.15, -0.1) is 0 Å². The summed E-state index contributed by atoms with van der Waals surface area (Å²) in [4.78, 5) is 3.64. The number of nitrogens with one attached hydrogen (secondary N) is 1. The highest BCUT2D eigenvalue weighted by molar-refractivity contribution is 5.46. The van der Waals surface area contributed by atoms with E-state index in [1.54, 1.807) is 0 Å². The van der Waals surface area contributed by atoms with E-state index in [9.17, 15) is 9.50 Å². The van der Waals surface area contributed by atoms with Gasteiger partial charge >= 0.3 is 0 Å². The Labute approximate surface area is 154 Å². The molecule has 3 rings (SSSR count). The van der Waals surface area contributed by atoms with Crippen molar-refractivity contribution < 1.29 is 19.1 Å². The van der Waals surface area contributed by atoms with Crippen LogP contribution in [-0.2, 0) is 0 Å². The number of quaternary nitrogens is 1. The summed E-state index contributed by atoms with van der Waals surface area (Å²) in [7, 11) is 0. The topological polar surface area (TPSA) is 37.1 Å². The molecule has 1 atom stereocenters. The summed E-state index contributed by atoms with van der Waals surface area (Å²) < 4.78 is 18.9. The molecule has 0 radical (unpaired) electrons. The van der Waals surface area contributed by atoms with Crippen LogP contribution in [0.4, 0.5) is 10.1 Å². The first-order valence-corrected chi connectivity index (χ1v) is 9.24. The van der Waals surface area contributed by atoms with Crippen LogP contribution in [-0.4, -0.2) is 50.5 Å². The molecule has 0 aromatic heterocycles. The van der Waals surface area contributed by atoms with Gasteiger partial charge in [0.25, 0.3) is 0 Å². The molecule has 1 aliphatic rings. The van der Waals surface area contributed by atoms with Crippen LogP contribution < -0.4 is 14.5 Å². The molecule has 2 N–H and O–H groups in total. The molecule has 0 aliphatic carbocycles. The summed E-state index contributed by atoms with van der Waals surface area (Å²) in [6.07, 6.45) is -0.485. The van der Waals surface area contributed by atoms with Crippen molar-refractivity contribution >= 4 is 5.69 Å². The summed E-state index contributed by atoms with van der Waals surface area (Å²) in [5, 5.41) is 10.4. The predicted octanol–water partition coefficient (Wildman–Crippen LogP) is 1.59. The van der Waals surface area contributed by atoms with Gasteiger partial charge in [-0.1, -0.05) is 18.2 Å². The summed E-state index contributed by atoms with van der Waals surface area (Å²) in [5.41, 5.74) is 3.25. The third-order valence-electron chi connectivity index (χ3n) is 5.02. The van der Waals surface area contributed by atoms with E-state index in [-0.39, 0.29) is 5.82 Å². The van der Waals surface area contributed by atoms with E-state index in [2.05, 4.69) is 4.90 Å². The Kier molecular flexibility index (Phi) is 6.12. The van der Waals surface area contributed by atoms with Crippen LogP contribution in [0.3, 0.4) is 0 Å². The zero-order valence-corrected chi connectivity index (χ0v) is 15.5. The fourth-order valence-corrected chi connectivity index (χ4v) is 3.54. The summed E-state index contributed by atoms with van der Waals surface area (Å²) in [6, 6.07) is 12.7. The Balaban J connectivity index is 1.44. The molecule has 26 heavy (non-hydrogen) atoms. The number of rotatable bonds is 6. The number of hydrogen-bond acceptors (Lipinski definition) is 3. The van der Waals surface area contributed by atoms with Crippen molar-refractivity contribution in [3.63, 3.8) is 0 Å². The molecule has 1 saturated heterocycles. The molecule has 4 nitrogen and oxygen atoms in total. The molecule has 0 spiro atoms. The number of aryl methyl sites for hydroxylation is 2. The Bertz CT molecular complexity index is 692. The second-order valence-corrected chi connectivity index (χ2v) is 7.10. The number of hydrogen-bond donors (Lipinski definition) is 2. The third-order valence-corrected chi connectivity index (χ3v) is 5.02. The minimum atomic E-state index is -0.485. The molecule has 0 amide bonds. The molecule has 0 unspecified atom stereocenters. The average Bonchev–Trinajstić information content (AvgIpc) is 2.63. The lowest BCUT2D eigenvalue weighted by atomic mass is 10.1. The molecule has 2 aromatic carbocycles. The van der Waals surface area contributed by atoms with Gasteiger partial charge in [-0.25, -0.2) is 4.39 Å². The van der Waals surface area contributed by atoms with Crippen molar-refractivity contribution in [2.45, 2.75) is 20.0 Å². The molecule has 2 aromatic rings. The summed E-state index contributed by atoms with van der Waals surface area (Å²) in [5.74, 6) is 0.674. The highest BCUT2D eigenvalue weighted by Gasteiger charge is 2.23. The molecular weight excluding hydrogens is 331 g/mol. The SMILES string of the molecule is Cc1cccc(C)c1OC[C@H](O)C[NH+]1CCN(c2ccc(F)cc2)CC1. The van der Waals surface area contributed by atoms with Crippen LogP contribution in [0.15, 0.2) is 42.5 Å². The van der Waals surface area contributed by atoms with Gasteiger partial charge in [0.1, 0.15) is 30.8 Å². The first-order chi connectivity index (χ1) is 12.5. The molecule has 1 fully saturated rings. The van der Waals surface area contributed by atoms with Gasteiger partial charge in [0, 0.05) is 5.69 Å².